The lowest BCUT2D eigenvalue weighted by Crippen LogP contribution is -2.01. The van der Waals surface area contributed by atoms with Gasteiger partial charge in [0.15, 0.2) is 10.3 Å². The maximum atomic E-state index is 5.57. The number of ether oxygens (including phenoxy) is 2. The Bertz CT molecular complexity index is 883. The van der Waals surface area contributed by atoms with Crippen molar-refractivity contribution in [3.8, 4) is 34.5 Å². The van der Waals surface area contributed by atoms with Gasteiger partial charge in [-0.15, -0.1) is 0 Å². The van der Waals surface area contributed by atoms with Gasteiger partial charge in [-0.2, -0.15) is 9.97 Å². The Hall–Kier alpha value is -2.39. The molecule has 0 amide bonds. The van der Waals surface area contributed by atoms with Crippen molar-refractivity contribution in [1.29, 1.82) is 0 Å². The minimum Gasteiger partial charge on any atom is -0.478 e. The van der Waals surface area contributed by atoms with E-state index in [4.69, 9.17) is 14.5 Å². The lowest BCUT2D eigenvalue weighted by molar-refractivity contribution is 0.323. The topological polar surface area (TPSA) is 82.9 Å². The quantitative estimate of drug-likeness (QED) is 0.396. The van der Waals surface area contributed by atoms with Crippen LogP contribution in [0.1, 0.15) is 13.8 Å². The van der Waals surface area contributed by atoms with Crippen molar-refractivity contribution >= 4 is 23.5 Å². The van der Waals surface area contributed by atoms with E-state index in [1.54, 1.807) is 12.1 Å². The van der Waals surface area contributed by atoms with Crippen LogP contribution in [0.15, 0.2) is 40.6 Å². The molecule has 7 nitrogen and oxygen atoms in total. The van der Waals surface area contributed by atoms with Crippen LogP contribution in [0.4, 0.5) is 0 Å². The van der Waals surface area contributed by atoms with E-state index in [9.17, 15) is 0 Å². The van der Waals surface area contributed by atoms with Crippen molar-refractivity contribution in [1.82, 2.24) is 24.9 Å². The van der Waals surface area contributed by atoms with Gasteiger partial charge in [0.05, 0.1) is 36.0 Å². The van der Waals surface area contributed by atoms with Gasteiger partial charge < -0.3 is 9.47 Å². The van der Waals surface area contributed by atoms with Crippen LogP contribution in [0.25, 0.3) is 22.8 Å². The Morgan fingerprint density at radius 2 is 1.14 bits per heavy atom. The summed E-state index contributed by atoms with van der Waals surface area (Å²) in [7, 11) is 0. The molecule has 0 saturated carbocycles. The lowest BCUT2D eigenvalue weighted by atomic mass is 10.2. The highest BCUT2D eigenvalue weighted by Crippen LogP contribution is 2.27. The molecule has 0 aliphatic heterocycles. The van der Waals surface area contributed by atoms with E-state index in [1.165, 1.54) is 23.5 Å². The van der Waals surface area contributed by atoms with Gasteiger partial charge in [0.2, 0.25) is 11.8 Å². The van der Waals surface area contributed by atoms with E-state index < -0.39 is 0 Å². The highest BCUT2D eigenvalue weighted by Gasteiger charge is 2.12. The molecule has 0 saturated heterocycles. The molecule has 0 aromatic carbocycles. The van der Waals surface area contributed by atoms with Gasteiger partial charge in [-0.3, -0.25) is 0 Å². The number of hydrogen-bond donors (Lipinski definition) is 0. The smallest absolute Gasteiger partial charge is 0.217 e. The molecule has 0 bridgehead atoms. The van der Waals surface area contributed by atoms with Crippen LogP contribution in [0.5, 0.6) is 11.8 Å². The van der Waals surface area contributed by atoms with Gasteiger partial charge in [0.25, 0.3) is 0 Å². The third kappa shape index (κ3) is 4.90. The lowest BCUT2D eigenvalue weighted by Gasteiger charge is -2.09. The number of nitrogens with zero attached hydrogens (tertiary/aromatic N) is 5. The van der Waals surface area contributed by atoms with Gasteiger partial charge in [0, 0.05) is 12.1 Å². The molecule has 0 aliphatic carbocycles. The molecule has 146 valence electrons. The normalized spacial score (nSPS) is 10.7. The Balaban J connectivity index is 2.04. The standard InChI is InChI=1S/C19H21N5O2S2/c1-5-25-16-10-14(21-18(23-16)27-3)12-8-7-9-13(20-12)15-11-17(26-6-2)24-19(22-15)28-4/h7-11H,5-6H2,1-4H3. The second-order valence-corrected chi connectivity index (χ2v) is 6.98. The Morgan fingerprint density at radius 3 is 1.54 bits per heavy atom. The maximum Gasteiger partial charge on any atom is 0.217 e. The van der Waals surface area contributed by atoms with Gasteiger partial charge in [-0.25, -0.2) is 15.0 Å². The van der Waals surface area contributed by atoms with Gasteiger partial charge >= 0.3 is 0 Å². The Labute approximate surface area is 172 Å². The second kappa shape index (κ2) is 9.70. The maximum absolute atomic E-state index is 5.57. The largest absolute Gasteiger partial charge is 0.478 e. The van der Waals surface area contributed by atoms with Crippen LogP contribution in [0.2, 0.25) is 0 Å². The predicted octanol–water partition coefficient (Wildman–Crippen LogP) is 4.24. The highest BCUT2D eigenvalue weighted by atomic mass is 32.2. The van der Waals surface area contributed by atoms with Crippen molar-refractivity contribution in [2.24, 2.45) is 0 Å². The fourth-order valence-corrected chi connectivity index (χ4v) is 3.16. The molecule has 0 radical (unpaired) electrons. The first-order valence-corrected chi connectivity index (χ1v) is 11.2. The van der Waals surface area contributed by atoms with Crippen molar-refractivity contribution < 1.29 is 9.47 Å². The van der Waals surface area contributed by atoms with Crippen LogP contribution in [0.3, 0.4) is 0 Å². The molecule has 9 heteroatoms. The molecule has 0 aliphatic rings. The van der Waals surface area contributed by atoms with Gasteiger partial charge in [-0.1, -0.05) is 29.6 Å². The van der Waals surface area contributed by atoms with E-state index in [2.05, 4.69) is 19.9 Å². The molecule has 3 rings (SSSR count). The third-order valence-corrected chi connectivity index (χ3v) is 4.68. The van der Waals surface area contributed by atoms with Crippen molar-refractivity contribution in [3.05, 3.63) is 30.3 Å². The van der Waals surface area contributed by atoms with Crippen LogP contribution < -0.4 is 9.47 Å². The zero-order valence-corrected chi connectivity index (χ0v) is 17.8. The van der Waals surface area contributed by atoms with Gasteiger partial charge in [-0.05, 0) is 38.5 Å². The molecule has 0 fully saturated rings. The van der Waals surface area contributed by atoms with Crippen LogP contribution >= 0.6 is 23.5 Å². The zero-order chi connectivity index (χ0) is 19.9. The van der Waals surface area contributed by atoms with E-state index >= 15 is 0 Å². The number of pyridine rings is 1. The SMILES string of the molecule is CCOc1cc(-c2cccc(-c3cc(OCC)nc(SC)n3)n2)nc(SC)n1. The number of hydrogen-bond acceptors (Lipinski definition) is 9. The summed E-state index contributed by atoms with van der Waals surface area (Å²) < 4.78 is 11.1. The molecule has 28 heavy (non-hydrogen) atoms. The number of rotatable bonds is 8. The van der Waals surface area contributed by atoms with Gasteiger partial charge in [0.1, 0.15) is 0 Å². The first-order valence-electron chi connectivity index (χ1n) is 8.76. The summed E-state index contributed by atoms with van der Waals surface area (Å²) in [6, 6.07) is 9.35. The monoisotopic (exact) mass is 415 g/mol. The fourth-order valence-electron chi connectivity index (χ4n) is 2.42. The number of thioether (sulfide) groups is 2. The van der Waals surface area contributed by atoms with E-state index in [0.29, 0.717) is 46.7 Å². The molecular weight excluding hydrogens is 394 g/mol. The molecule has 0 spiro atoms. The summed E-state index contributed by atoms with van der Waals surface area (Å²) in [4.78, 5) is 22.6. The average molecular weight is 416 g/mol. The Kier molecular flexibility index (Phi) is 7.05. The summed E-state index contributed by atoms with van der Waals surface area (Å²) in [5, 5.41) is 1.27. The summed E-state index contributed by atoms with van der Waals surface area (Å²) in [6.07, 6.45) is 3.86. The first kappa shape index (κ1) is 20.3. The summed E-state index contributed by atoms with van der Waals surface area (Å²) in [5.41, 5.74) is 2.85. The molecule has 0 N–H and O–H groups in total. The summed E-state index contributed by atoms with van der Waals surface area (Å²) >= 11 is 2.92. The predicted molar refractivity (Wildman–Crippen MR) is 112 cm³/mol. The fraction of sp³-hybridized carbons (Fsp3) is 0.316. The highest BCUT2D eigenvalue weighted by molar-refractivity contribution is 7.98. The van der Waals surface area contributed by atoms with E-state index in [-0.39, 0.29) is 0 Å². The summed E-state index contributed by atoms with van der Waals surface area (Å²) in [5.74, 6) is 1.07. The van der Waals surface area contributed by atoms with Crippen LogP contribution in [0, 0.1) is 0 Å². The van der Waals surface area contributed by atoms with Crippen LogP contribution in [-0.2, 0) is 0 Å². The molecule has 0 unspecified atom stereocenters. The van der Waals surface area contributed by atoms with E-state index in [0.717, 1.165) is 11.4 Å². The molecular formula is C19H21N5O2S2. The third-order valence-electron chi connectivity index (χ3n) is 3.59. The van der Waals surface area contributed by atoms with Crippen molar-refractivity contribution in [3.63, 3.8) is 0 Å². The van der Waals surface area contributed by atoms with Crippen LogP contribution in [-0.4, -0.2) is 50.6 Å². The molecule has 3 heterocycles. The Morgan fingerprint density at radius 1 is 0.679 bits per heavy atom. The average Bonchev–Trinajstić information content (AvgIpc) is 2.73. The van der Waals surface area contributed by atoms with E-state index in [1.807, 2.05) is 44.6 Å². The minimum atomic E-state index is 0.536. The zero-order valence-electron chi connectivity index (χ0n) is 16.2. The van der Waals surface area contributed by atoms with Crippen molar-refractivity contribution in [2.45, 2.75) is 24.2 Å². The first-order chi connectivity index (χ1) is 13.7. The number of aromatic nitrogens is 5. The molecule has 3 aromatic heterocycles. The summed E-state index contributed by atoms with van der Waals surface area (Å²) in [6.45, 7) is 4.92. The molecule has 0 atom stereocenters. The second-order valence-electron chi connectivity index (χ2n) is 5.43. The minimum absolute atomic E-state index is 0.536. The van der Waals surface area contributed by atoms with Crippen molar-refractivity contribution in [2.75, 3.05) is 25.7 Å². The molecule has 3 aromatic rings.